The molecule has 2 heterocycles. The first-order valence-electron chi connectivity index (χ1n) is 8.79. The first kappa shape index (κ1) is 22.1. The van der Waals surface area contributed by atoms with E-state index in [1.165, 1.54) is 18.2 Å². The van der Waals surface area contributed by atoms with Gasteiger partial charge in [-0.1, -0.05) is 0 Å². The van der Waals surface area contributed by atoms with Gasteiger partial charge >= 0.3 is 12.1 Å². The number of hydrogen-bond donors (Lipinski definition) is 1. The molecule has 3 rings (SSSR count). The Kier molecular flexibility index (Phi) is 5.90. The summed E-state index contributed by atoms with van der Waals surface area (Å²) in [5, 5.41) is 12.4. The number of aromatic nitrogens is 4. The highest BCUT2D eigenvalue weighted by Gasteiger charge is 2.60. The summed E-state index contributed by atoms with van der Waals surface area (Å²) in [4.78, 5) is 8.41. The van der Waals surface area contributed by atoms with Crippen LogP contribution in [-0.4, -0.2) is 32.5 Å². The number of rotatable bonds is 6. The van der Waals surface area contributed by atoms with E-state index in [1.807, 2.05) is 6.07 Å². The van der Waals surface area contributed by atoms with E-state index in [4.69, 9.17) is 15.7 Å². The Hall–Kier alpha value is -3.59. The standard InChI is InChI=1S/C19H15F5N6O/c1-30-16(7-15(29-30)18(20,21)19(22,23)24)31-14-6-11(8-26)2-3-13(14)17-27-9-12(4-5-25)10-28-17/h2-3,6-7,9-10H,4-5,25H2,1H3. The zero-order chi connectivity index (χ0) is 22.8. The average molecular weight is 438 g/mol. The Morgan fingerprint density at radius 2 is 1.81 bits per heavy atom. The van der Waals surface area contributed by atoms with Crippen LogP contribution in [0.5, 0.6) is 11.6 Å². The van der Waals surface area contributed by atoms with Gasteiger partial charge in [-0.3, -0.25) is 0 Å². The minimum absolute atomic E-state index is 0.0181. The van der Waals surface area contributed by atoms with Crippen molar-refractivity contribution >= 4 is 0 Å². The lowest BCUT2D eigenvalue weighted by Crippen LogP contribution is -2.34. The van der Waals surface area contributed by atoms with Crippen LogP contribution in [0.25, 0.3) is 11.4 Å². The topological polar surface area (TPSA) is 103 Å². The van der Waals surface area contributed by atoms with Crippen molar-refractivity contribution in [3.8, 4) is 29.1 Å². The third-order valence-electron chi connectivity index (χ3n) is 4.22. The van der Waals surface area contributed by atoms with E-state index in [1.54, 1.807) is 12.4 Å². The van der Waals surface area contributed by atoms with Crippen molar-refractivity contribution in [2.45, 2.75) is 18.5 Å². The third kappa shape index (κ3) is 4.46. The number of hydrogen-bond acceptors (Lipinski definition) is 6. The van der Waals surface area contributed by atoms with Crippen LogP contribution in [0.3, 0.4) is 0 Å². The smallest absolute Gasteiger partial charge is 0.438 e. The summed E-state index contributed by atoms with van der Waals surface area (Å²) >= 11 is 0. The molecule has 12 heteroatoms. The first-order valence-corrected chi connectivity index (χ1v) is 8.79. The molecule has 7 nitrogen and oxygen atoms in total. The summed E-state index contributed by atoms with van der Waals surface area (Å²) in [6, 6.07) is 6.62. The van der Waals surface area contributed by atoms with Gasteiger partial charge in [0.2, 0.25) is 5.88 Å². The van der Waals surface area contributed by atoms with Gasteiger partial charge in [0.1, 0.15) is 11.4 Å². The van der Waals surface area contributed by atoms with Crippen LogP contribution in [-0.2, 0) is 19.4 Å². The van der Waals surface area contributed by atoms with E-state index in [0.717, 1.165) is 17.3 Å². The highest BCUT2D eigenvalue weighted by molar-refractivity contribution is 5.66. The Labute approximate surface area is 172 Å². The normalized spacial score (nSPS) is 11.9. The summed E-state index contributed by atoms with van der Waals surface area (Å²) in [5.41, 5.74) is 5.22. The fraction of sp³-hybridized carbons (Fsp3) is 0.263. The lowest BCUT2D eigenvalue weighted by molar-refractivity contribution is -0.291. The van der Waals surface area contributed by atoms with Gasteiger partial charge in [-0.2, -0.15) is 32.3 Å². The summed E-state index contributed by atoms with van der Waals surface area (Å²) < 4.78 is 71.5. The first-order chi connectivity index (χ1) is 14.6. The largest absolute Gasteiger partial charge is 0.459 e. The highest BCUT2D eigenvalue weighted by Crippen LogP contribution is 2.44. The fourth-order valence-corrected chi connectivity index (χ4v) is 2.61. The van der Waals surface area contributed by atoms with E-state index in [-0.39, 0.29) is 17.1 Å². The number of alkyl halides is 5. The van der Waals surface area contributed by atoms with Crippen LogP contribution < -0.4 is 10.5 Å². The van der Waals surface area contributed by atoms with E-state index in [2.05, 4.69) is 15.1 Å². The van der Waals surface area contributed by atoms with Crippen molar-refractivity contribution in [1.82, 2.24) is 19.7 Å². The van der Waals surface area contributed by atoms with Gasteiger partial charge in [0, 0.05) is 25.5 Å². The molecule has 0 amide bonds. The zero-order valence-electron chi connectivity index (χ0n) is 16.0. The molecule has 2 aromatic heterocycles. The molecule has 0 spiro atoms. The Bertz CT molecular complexity index is 1120. The molecule has 0 aliphatic carbocycles. The summed E-state index contributed by atoms with van der Waals surface area (Å²) in [5.74, 6) is -5.38. The quantitative estimate of drug-likeness (QED) is 0.589. The SMILES string of the molecule is Cn1nc(C(F)(F)C(F)(F)F)cc1Oc1cc(C#N)ccc1-c1ncc(CCN)cn1. The van der Waals surface area contributed by atoms with E-state index >= 15 is 0 Å². The molecule has 162 valence electrons. The van der Waals surface area contributed by atoms with Gasteiger partial charge in [-0.05, 0) is 36.7 Å². The Morgan fingerprint density at radius 1 is 1.13 bits per heavy atom. The maximum atomic E-state index is 13.6. The number of aryl methyl sites for hydroxylation is 1. The minimum Gasteiger partial charge on any atom is -0.438 e. The second kappa shape index (κ2) is 8.27. The molecule has 0 aliphatic heterocycles. The highest BCUT2D eigenvalue weighted by atomic mass is 19.4. The van der Waals surface area contributed by atoms with Gasteiger partial charge in [0.05, 0.1) is 17.2 Å². The molecule has 31 heavy (non-hydrogen) atoms. The molecule has 0 saturated carbocycles. The van der Waals surface area contributed by atoms with Crippen LogP contribution in [0.1, 0.15) is 16.8 Å². The third-order valence-corrected chi connectivity index (χ3v) is 4.22. The predicted molar refractivity (Wildman–Crippen MR) is 98.2 cm³/mol. The molecular formula is C19H15F5N6O. The van der Waals surface area contributed by atoms with Crippen LogP contribution >= 0.6 is 0 Å². The summed E-state index contributed by atoms with van der Waals surface area (Å²) in [6.07, 6.45) is -2.17. The van der Waals surface area contributed by atoms with Crippen molar-refractivity contribution in [2.75, 3.05) is 6.54 Å². The van der Waals surface area contributed by atoms with Gasteiger partial charge in [0.15, 0.2) is 5.82 Å². The fourth-order valence-electron chi connectivity index (χ4n) is 2.61. The van der Waals surface area contributed by atoms with Crippen LogP contribution in [0.15, 0.2) is 36.7 Å². The molecular weight excluding hydrogens is 423 g/mol. The van der Waals surface area contributed by atoms with E-state index in [0.29, 0.717) is 24.6 Å². The van der Waals surface area contributed by atoms with Gasteiger partial charge in [-0.25, -0.2) is 14.6 Å². The number of nitrogens with zero attached hydrogens (tertiary/aromatic N) is 5. The molecule has 0 bridgehead atoms. The van der Waals surface area contributed by atoms with Crippen molar-refractivity contribution in [3.63, 3.8) is 0 Å². The minimum atomic E-state index is -5.82. The Balaban J connectivity index is 2.01. The zero-order valence-corrected chi connectivity index (χ0v) is 16.0. The second-order valence-electron chi connectivity index (χ2n) is 6.44. The summed E-state index contributed by atoms with van der Waals surface area (Å²) in [7, 11) is 1.15. The van der Waals surface area contributed by atoms with Crippen molar-refractivity contribution < 1.29 is 26.7 Å². The molecule has 0 unspecified atom stereocenters. The maximum Gasteiger partial charge on any atom is 0.459 e. The van der Waals surface area contributed by atoms with Crippen molar-refractivity contribution in [1.29, 1.82) is 5.26 Å². The van der Waals surface area contributed by atoms with E-state index in [9.17, 15) is 22.0 Å². The maximum absolute atomic E-state index is 13.6. The van der Waals surface area contributed by atoms with Gasteiger partial charge < -0.3 is 10.5 Å². The Morgan fingerprint density at radius 3 is 2.39 bits per heavy atom. The molecule has 0 aliphatic rings. The number of nitrogens with two attached hydrogens (primary N) is 1. The monoisotopic (exact) mass is 438 g/mol. The molecule has 0 saturated heterocycles. The second-order valence-corrected chi connectivity index (χ2v) is 6.44. The van der Waals surface area contributed by atoms with Crippen molar-refractivity contribution in [2.24, 2.45) is 12.8 Å². The lowest BCUT2D eigenvalue weighted by atomic mass is 10.1. The van der Waals surface area contributed by atoms with Crippen LogP contribution in [0.2, 0.25) is 0 Å². The van der Waals surface area contributed by atoms with Crippen LogP contribution in [0, 0.1) is 11.3 Å². The predicted octanol–water partition coefficient (Wildman–Crippen LogP) is 3.70. The number of ether oxygens (including phenoxy) is 1. The molecule has 0 atom stereocenters. The molecule has 0 fully saturated rings. The molecule has 2 N–H and O–H groups in total. The number of halogens is 5. The molecule has 0 radical (unpaired) electrons. The van der Waals surface area contributed by atoms with Gasteiger partial charge in [0.25, 0.3) is 0 Å². The number of benzene rings is 1. The molecule has 3 aromatic rings. The summed E-state index contributed by atoms with van der Waals surface area (Å²) in [6.45, 7) is 0.402. The van der Waals surface area contributed by atoms with Gasteiger partial charge in [-0.15, -0.1) is 0 Å². The molecule has 1 aromatic carbocycles. The number of nitriles is 1. The lowest BCUT2D eigenvalue weighted by Gasteiger charge is -2.16. The van der Waals surface area contributed by atoms with E-state index < -0.39 is 23.7 Å². The van der Waals surface area contributed by atoms with Crippen LogP contribution in [0.4, 0.5) is 22.0 Å². The average Bonchev–Trinajstić information content (AvgIpc) is 3.09. The van der Waals surface area contributed by atoms with Crippen molar-refractivity contribution in [3.05, 3.63) is 53.5 Å².